The number of unbranched alkanes of at least 4 members (excludes halogenated alkanes) is 1. The summed E-state index contributed by atoms with van der Waals surface area (Å²) in [6.45, 7) is 0. The third kappa shape index (κ3) is 5.16. The van der Waals surface area contributed by atoms with Crippen LogP contribution in [0.3, 0.4) is 0 Å². The highest BCUT2D eigenvalue weighted by atomic mass is 14.6. The molecule has 7 heavy (non-hydrogen) atoms. The van der Waals surface area contributed by atoms with Crippen molar-refractivity contribution < 1.29 is 0 Å². The molecule has 38 valence electrons. The summed E-state index contributed by atoms with van der Waals surface area (Å²) in [6, 6.07) is 2.01. The number of hydrogen-bond acceptors (Lipinski definition) is 2. The molecule has 0 bridgehead atoms. The molecule has 2 heteroatoms. The molecule has 0 aromatic rings. The molecular formula is C5H8N2. The van der Waals surface area contributed by atoms with Crippen LogP contribution in [0.15, 0.2) is 4.99 Å². The highest BCUT2D eigenvalue weighted by molar-refractivity contribution is 5.57. The van der Waals surface area contributed by atoms with E-state index in [0.29, 0.717) is 6.42 Å². The fourth-order valence-electron chi connectivity index (χ4n) is 0.258. The second-order valence-corrected chi connectivity index (χ2v) is 1.14. The molecule has 0 aliphatic carbocycles. The Morgan fingerprint density at radius 3 is 3.00 bits per heavy atom. The first-order valence-electron chi connectivity index (χ1n) is 2.19. The van der Waals surface area contributed by atoms with Gasteiger partial charge in [0.25, 0.3) is 0 Å². The van der Waals surface area contributed by atoms with Crippen molar-refractivity contribution in [3.05, 3.63) is 0 Å². The Morgan fingerprint density at radius 2 is 2.57 bits per heavy atom. The van der Waals surface area contributed by atoms with Crippen molar-refractivity contribution in [2.75, 3.05) is 7.05 Å². The molecule has 0 N–H and O–H groups in total. The highest BCUT2D eigenvalue weighted by Gasteiger charge is 1.72. The van der Waals surface area contributed by atoms with E-state index in [1.807, 2.05) is 6.07 Å². The van der Waals surface area contributed by atoms with Gasteiger partial charge >= 0.3 is 0 Å². The minimum atomic E-state index is 0.581. The lowest BCUT2D eigenvalue weighted by molar-refractivity contribution is 1.12. The first kappa shape index (κ1) is 6.16. The molecule has 0 amide bonds. The minimum Gasteiger partial charge on any atom is -0.301 e. The van der Waals surface area contributed by atoms with Crippen molar-refractivity contribution in [1.82, 2.24) is 0 Å². The smallest absolute Gasteiger partial charge is 0.0625 e. The van der Waals surface area contributed by atoms with E-state index in [9.17, 15) is 0 Å². The fraction of sp³-hybridized carbons (Fsp3) is 0.600. The van der Waals surface area contributed by atoms with E-state index in [2.05, 4.69) is 4.99 Å². The van der Waals surface area contributed by atoms with Crippen LogP contribution in [0.25, 0.3) is 0 Å². The second-order valence-electron chi connectivity index (χ2n) is 1.14. The molecular weight excluding hydrogens is 88.1 g/mol. The van der Waals surface area contributed by atoms with Gasteiger partial charge in [-0.2, -0.15) is 5.26 Å². The van der Waals surface area contributed by atoms with Crippen LogP contribution in [0, 0.1) is 11.3 Å². The maximum atomic E-state index is 7.98. The summed E-state index contributed by atoms with van der Waals surface area (Å²) in [5, 5.41) is 7.98. The Hall–Kier alpha value is -0.840. The van der Waals surface area contributed by atoms with Gasteiger partial charge in [-0.05, 0) is 12.6 Å². The lowest BCUT2D eigenvalue weighted by Gasteiger charge is -1.74. The first-order chi connectivity index (χ1) is 3.41. The van der Waals surface area contributed by atoms with E-state index in [0.717, 1.165) is 6.42 Å². The summed E-state index contributed by atoms with van der Waals surface area (Å²) in [5.41, 5.74) is 0. The van der Waals surface area contributed by atoms with Crippen molar-refractivity contribution in [2.45, 2.75) is 12.8 Å². The van der Waals surface area contributed by atoms with Gasteiger partial charge in [0.15, 0.2) is 0 Å². The molecule has 0 aromatic carbocycles. The quantitative estimate of drug-likeness (QED) is 0.373. The predicted molar refractivity (Wildman–Crippen MR) is 29.3 cm³/mol. The van der Waals surface area contributed by atoms with E-state index in [4.69, 9.17) is 5.26 Å². The van der Waals surface area contributed by atoms with Gasteiger partial charge in [-0.3, -0.25) is 0 Å². The summed E-state index contributed by atoms with van der Waals surface area (Å²) in [5.74, 6) is 0. The van der Waals surface area contributed by atoms with Crippen LogP contribution in [0.4, 0.5) is 0 Å². The summed E-state index contributed by atoms with van der Waals surface area (Å²) in [7, 11) is 1.71. The Kier molecular flexibility index (Phi) is 4.54. The SMILES string of the molecule is CN=CCCC#N. The Labute approximate surface area is 43.5 Å². The van der Waals surface area contributed by atoms with Gasteiger partial charge in [0, 0.05) is 13.5 Å². The molecule has 0 heterocycles. The molecule has 0 aromatic heterocycles. The lowest BCUT2D eigenvalue weighted by Crippen LogP contribution is -1.70. The number of nitriles is 1. The van der Waals surface area contributed by atoms with E-state index < -0.39 is 0 Å². The summed E-state index contributed by atoms with van der Waals surface area (Å²) in [6.07, 6.45) is 3.10. The van der Waals surface area contributed by atoms with Gasteiger partial charge in [0.1, 0.15) is 0 Å². The first-order valence-corrected chi connectivity index (χ1v) is 2.19. The number of nitrogens with zero attached hydrogens (tertiary/aromatic N) is 2. The monoisotopic (exact) mass is 96.1 g/mol. The molecule has 0 saturated carbocycles. The van der Waals surface area contributed by atoms with Gasteiger partial charge < -0.3 is 4.99 Å². The average Bonchev–Trinajstić information content (AvgIpc) is 1.69. The molecule has 0 unspecified atom stereocenters. The molecule has 0 rings (SSSR count). The van der Waals surface area contributed by atoms with Gasteiger partial charge in [0.05, 0.1) is 6.07 Å². The van der Waals surface area contributed by atoms with Crippen LogP contribution in [0.2, 0.25) is 0 Å². The van der Waals surface area contributed by atoms with E-state index in [-0.39, 0.29) is 0 Å². The molecule has 2 nitrogen and oxygen atoms in total. The van der Waals surface area contributed by atoms with Crippen molar-refractivity contribution in [3.63, 3.8) is 0 Å². The zero-order valence-electron chi connectivity index (χ0n) is 4.39. The van der Waals surface area contributed by atoms with Crippen LogP contribution in [0.5, 0.6) is 0 Å². The average molecular weight is 96.1 g/mol. The van der Waals surface area contributed by atoms with E-state index in [1.165, 1.54) is 0 Å². The topological polar surface area (TPSA) is 36.1 Å². The predicted octanol–water partition coefficient (Wildman–Crippen LogP) is 0.991. The zero-order chi connectivity index (χ0) is 5.54. The van der Waals surface area contributed by atoms with Crippen molar-refractivity contribution in [3.8, 4) is 6.07 Å². The van der Waals surface area contributed by atoms with Crippen LogP contribution in [0.1, 0.15) is 12.8 Å². The molecule has 0 aliphatic rings. The normalized spacial score (nSPS) is 9.14. The highest BCUT2D eigenvalue weighted by Crippen LogP contribution is 1.78. The Balaban J connectivity index is 2.87. The molecule has 0 aliphatic heterocycles. The standard InChI is InChI=1S/C5H8N2/c1-7-5-3-2-4-6/h5H,2-3H2,1H3. The van der Waals surface area contributed by atoms with Crippen molar-refractivity contribution >= 4 is 6.21 Å². The summed E-state index contributed by atoms with van der Waals surface area (Å²) >= 11 is 0. The second kappa shape index (κ2) is 5.16. The Morgan fingerprint density at radius 1 is 1.86 bits per heavy atom. The van der Waals surface area contributed by atoms with E-state index in [1.54, 1.807) is 13.3 Å². The summed E-state index contributed by atoms with van der Waals surface area (Å²) in [4.78, 5) is 3.70. The molecule has 0 radical (unpaired) electrons. The molecule has 0 spiro atoms. The van der Waals surface area contributed by atoms with Gasteiger partial charge in [-0.15, -0.1) is 0 Å². The Bertz CT molecular complexity index is 88.7. The zero-order valence-corrected chi connectivity index (χ0v) is 4.39. The summed E-state index contributed by atoms with van der Waals surface area (Å²) < 4.78 is 0. The number of hydrogen-bond donors (Lipinski definition) is 0. The van der Waals surface area contributed by atoms with Crippen LogP contribution in [-0.2, 0) is 0 Å². The molecule has 0 fully saturated rings. The van der Waals surface area contributed by atoms with Crippen molar-refractivity contribution in [1.29, 1.82) is 5.26 Å². The maximum Gasteiger partial charge on any atom is 0.0625 e. The van der Waals surface area contributed by atoms with Gasteiger partial charge in [-0.1, -0.05) is 0 Å². The van der Waals surface area contributed by atoms with Crippen LogP contribution >= 0.6 is 0 Å². The lowest BCUT2D eigenvalue weighted by atomic mass is 10.4. The third-order valence-electron chi connectivity index (χ3n) is 0.568. The fourth-order valence-corrected chi connectivity index (χ4v) is 0.258. The number of rotatable bonds is 2. The minimum absolute atomic E-state index is 0.581. The van der Waals surface area contributed by atoms with Gasteiger partial charge in [-0.25, -0.2) is 0 Å². The molecule has 0 atom stereocenters. The molecule has 0 saturated heterocycles. The van der Waals surface area contributed by atoms with E-state index >= 15 is 0 Å². The van der Waals surface area contributed by atoms with Crippen LogP contribution in [-0.4, -0.2) is 13.3 Å². The van der Waals surface area contributed by atoms with Gasteiger partial charge in [0.2, 0.25) is 0 Å². The maximum absolute atomic E-state index is 7.98. The number of aliphatic imine (C=N–C) groups is 1. The van der Waals surface area contributed by atoms with Crippen molar-refractivity contribution in [2.24, 2.45) is 4.99 Å². The largest absolute Gasteiger partial charge is 0.301 e. The van der Waals surface area contributed by atoms with Crippen LogP contribution < -0.4 is 0 Å². The third-order valence-corrected chi connectivity index (χ3v) is 0.568.